The molecule has 2 aromatic rings. The summed E-state index contributed by atoms with van der Waals surface area (Å²) in [6.45, 7) is 5.01. The second-order valence-corrected chi connectivity index (χ2v) is 5.50. The van der Waals surface area contributed by atoms with Gasteiger partial charge in [0.15, 0.2) is 5.65 Å². The van der Waals surface area contributed by atoms with Gasteiger partial charge < -0.3 is 10.2 Å². The predicted octanol–water partition coefficient (Wildman–Crippen LogP) is 1.02. The number of anilines is 1. The average Bonchev–Trinajstić information content (AvgIpc) is 2.94. The first-order valence-electron chi connectivity index (χ1n) is 7.50. The highest BCUT2D eigenvalue weighted by atomic mass is 16.1. The Morgan fingerprint density at radius 3 is 3.18 bits per heavy atom. The molecule has 3 heterocycles. The van der Waals surface area contributed by atoms with Crippen LogP contribution < -0.4 is 10.2 Å². The molecule has 2 aromatic heterocycles. The molecule has 0 radical (unpaired) electrons. The van der Waals surface area contributed by atoms with E-state index in [1.807, 2.05) is 7.05 Å². The van der Waals surface area contributed by atoms with Gasteiger partial charge in [-0.2, -0.15) is 5.10 Å². The van der Waals surface area contributed by atoms with Crippen LogP contribution in [0, 0.1) is 0 Å². The highest BCUT2D eigenvalue weighted by Gasteiger charge is 2.26. The molecule has 1 fully saturated rings. The first-order chi connectivity index (χ1) is 10.7. The molecule has 1 saturated heterocycles. The van der Waals surface area contributed by atoms with Crippen LogP contribution in [0.3, 0.4) is 0 Å². The first-order valence-corrected chi connectivity index (χ1v) is 7.50. The number of hydrogen-bond acceptors (Lipinski definition) is 5. The fourth-order valence-electron chi connectivity index (χ4n) is 2.96. The molecule has 7 heteroatoms. The zero-order valence-electron chi connectivity index (χ0n) is 12.7. The number of amides is 1. The topological polar surface area (TPSA) is 75.9 Å². The highest BCUT2D eigenvalue weighted by molar-refractivity contribution is 5.88. The Balaban J connectivity index is 1.88. The molecular weight excluding hydrogens is 280 g/mol. The Hall–Kier alpha value is -2.44. The normalized spacial score (nSPS) is 18.4. The maximum Gasteiger partial charge on any atom is 0.243 e. The Bertz CT molecular complexity index is 694. The number of aryl methyl sites for hydroxylation is 1. The number of carbonyl (C=O) groups is 1. The molecule has 0 aromatic carbocycles. The summed E-state index contributed by atoms with van der Waals surface area (Å²) in [5.74, 6) is 0.760. The second-order valence-electron chi connectivity index (χ2n) is 5.50. The van der Waals surface area contributed by atoms with Crippen LogP contribution in [0.4, 0.5) is 5.82 Å². The monoisotopic (exact) mass is 300 g/mol. The van der Waals surface area contributed by atoms with Crippen LogP contribution in [0.25, 0.3) is 11.0 Å². The van der Waals surface area contributed by atoms with Crippen LogP contribution in [0.1, 0.15) is 19.3 Å². The summed E-state index contributed by atoms with van der Waals surface area (Å²) < 4.78 is 1.75. The number of carbonyl (C=O) groups excluding carboxylic acids is 1. The van der Waals surface area contributed by atoms with E-state index in [1.54, 1.807) is 17.2 Å². The van der Waals surface area contributed by atoms with Gasteiger partial charge in [0.1, 0.15) is 12.1 Å². The molecule has 1 unspecified atom stereocenters. The summed E-state index contributed by atoms with van der Waals surface area (Å²) in [5.41, 5.74) is 0.824. The minimum Gasteiger partial charge on any atom is -0.351 e. The third-order valence-corrected chi connectivity index (χ3v) is 4.10. The van der Waals surface area contributed by atoms with Crippen LogP contribution in [0.5, 0.6) is 0 Å². The summed E-state index contributed by atoms with van der Waals surface area (Å²) in [5, 5.41) is 8.11. The van der Waals surface area contributed by atoms with Crippen molar-refractivity contribution in [2.75, 3.05) is 18.0 Å². The van der Waals surface area contributed by atoms with Crippen molar-refractivity contribution in [3.63, 3.8) is 0 Å². The minimum absolute atomic E-state index is 0.139. The minimum atomic E-state index is -0.139. The number of aromatic nitrogens is 4. The van der Waals surface area contributed by atoms with E-state index in [-0.39, 0.29) is 11.9 Å². The third-order valence-electron chi connectivity index (χ3n) is 4.10. The summed E-state index contributed by atoms with van der Waals surface area (Å²) in [4.78, 5) is 22.4. The number of nitrogens with one attached hydrogen (secondary N) is 1. The van der Waals surface area contributed by atoms with Crippen molar-refractivity contribution in [1.82, 2.24) is 25.1 Å². The van der Waals surface area contributed by atoms with E-state index < -0.39 is 0 Å². The molecule has 1 N–H and O–H groups in total. The van der Waals surface area contributed by atoms with Crippen molar-refractivity contribution in [1.29, 1.82) is 0 Å². The number of piperidine rings is 1. The first kappa shape index (κ1) is 14.5. The lowest BCUT2D eigenvalue weighted by Gasteiger charge is -2.36. The largest absolute Gasteiger partial charge is 0.351 e. The predicted molar refractivity (Wildman–Crippen MR) is 84.5 cm³/mol. The lowest BCUT2D eigenvalue weighted by Crippen LogP contribution is -2.47. The van der Waals surface area contributed by atoms with Crippen molar-refractivity contribution >= 4 is 22.8 Å². The van der Waals surface area contributed by atoms with Gasteiger partial charge >= 0.3 is 0 Å². The molecule has 1 aliphatic heterocycles. The zero-order valence-corrected chi connectivity index (χ0v) is 12.7. The van der Waals surface area contributed by atoms with Gasteiger partial charge in [0.25, 0.3) is 0 Å². The van der Waals surface area contributed by atoms with Gasteiger partial charge in [-0.15, -0.1) is 0 Å². The van der Waals surface area contributed by atoms with Gasteiger partial charge in [-0.3, -0.25) is 9.48 Å². The van der Waals surface area contributed by atoms with E-state index in [9.17, 15) is 4.79 Å². The Morgan fingerprint density at radius 1 is 1.50 bits per heavy atom. The zero-order chi connectivity index (χ0) is 15.5. The molecule has 22 heavy (non-hydrogen) atoms. The fraction of sp³-hybridized carbons (Fsp3) is 0.467. The molecule has 0 spiro atoms. The number of nitrogens with zero attached hydrogens (tertiary/aromatic N) is 5. The maximum absolute atomic E-state index is 11.4. The van der Waals surface area contributed by atoms with E-state index in [0.29, 0.717) is 6.54 Å². The van der Waals surface area contributed by atoms with Gasteiger partial charge in [-0.25, -0.2) is 9.97 Å². The van der Waals surface area contributed by atoms with Crippen LogP contribution in [0.15, 0.2) is 25.2 Å². The molecule has 116 valence electrons. The van der Waals surface area contributed by atoms with E-state index in [0.717, 1.165) is 42.7 Å². The lowest BCUT2D eigenvalue weighted by molar-refractivity contribution is -0.116. The van der Waals surface area contributed by atoms with Gasteiger partial charge in [0.05, 0.1) is 11.6 Å². The summed E-state index contributed by atoms with van der Waals surface area (Å²) >= 11 is 0. The third kappa shape index (κ3) is 2.66. The quantitative estimate of drug-likeness (QED) is 0.853. The fourth-order valence-corrected chi connectivity index (χ4v) is 2.96. The molecule has 0 bridgehead atoms. The van der Waals surface area contributed by atoms with Crippen molar-refractivity contribution < 1.29 is 4.79 Å². The molecule has 1 atom stereocenters. The van der Waals surface area contributed by atoms with Gasteiger partial charge in [0.2, 0.25) is 5.91 Å². The van der Waals surface area contributed by atoms with Gasteiger partial charge in [-0.05, 0) is 25.3 Å². The van der Waals surface area contributed by atoms with Crippen LogP contribution in [-0.2, 0) is 11.8 Å². The highest BCUT2D eigenvalue weighted by Crippen LogP contribution is 2.28. The van der Waals surface area contributed by atoms with Crippen molar-refractivity contribution in [3.05, 3.63) is 25.2 Å². The van der Waals surface area contributed by atoms with Crippen LogP contribution in [0.2, 0.25) is 0 Å². The summed E-state index contributed by atoms with van der Waals surface area (Å²) in [6.07, 6.45) is 8.00. The van der Waals surface area contributed by atoms with E-state index in [1.165, 1.54) is 6.08 Å². The number of fused-ring (bicyclic) bond motifs is 1. The number of hydrogen-bond donors (Lipinski definition) is 1. The Kier molecular flexibility index (Phi) is 4.04. The average molecular weight is 300 g/mol. The lowest BCUT2D eigenvalue weighted by atomic mass is 10.0. The number of rotatable bonds is 4. The molecule has 3 rings (SSSR count). The van der Waals surface area contributed by atoms with Crippen LogP contribution >= 0.6 is 0 Å². The van der Waals surface area contributed by atoms with Crippen molar-refractivity contribution in [2.24, 2.45) is 7.05 Å². The standard InChI is InChI=1S/C15H20N6O/c1-3-13(22)16-8-11-6-4-5-7-21(11)15-12-9-19-20(2)14(12)17-10-18-15/h3,9-11H,1,4-8H2,2H3,(H,16,22). The van der Waals surface area contributed by atoms with Gasteiger partial charge in [-0.1, -0.05) is 6.58 Å². The second kappa shape index (κ2) is 6.13. The molecular formula is C15H20N6O. The summed E-state index contributed by atoms with van der Waals surface area (Å²) in [7, 11) is 1.87. The molecule has 0 saturated carbocycles. The molecule has 1 amide bonds. The Morgan fingerprint density at radius 2 is 2.36 bits per heavy atom. The smallest absolute Gasteiger partial charge is 0.243 e. The summed E-state index contributed by atoms with van der Waals surface area (Å²) in [6, 6.07) is 0.232. The van der Waals surface area contributed by atoms with Gasteiger partial charge in [0, 0.05) is 26.2 Å². The van der Waals surface area contributed by atoms with Crippen molar-refractivity contribution in [2.45, 2.75) is 25.3 Å². The van der Waals surface area contributed by atoms with E-state index in [4.69, 9.17) is 0 Å². The van der Waals surface area contributed by atoms with Crippen molar-refractivity contribution in [3.8, 4) is 0 Å². The SMILES string of the molecule is C=CC(=O)NCC1CCCCN1c1ncnc2c1cnn2C. The van der Waals surface area contributed by atoms with Crippen LogP contribution in [-0.4, -0.2) is 44.8 Å². The molecule has 0 aliphatic carbocycles. The Labute approximate surface area is 129 Å². The molecule has 7 nitrogen and oxygen atoms in total. The van der Waals surface area contributed by atoms with E-state index in [2.05, 4.69) is 31.9 Å². The maximum atomic E-state index is 11.4. The molecule has 1 aliphatic rings. The van der Waals surface area contributed by atoms with E-state index >= 15 is 0 Å².